The van der Waals surface area contributed by atoms with Crippen LogP contribution in [0, 0.1) is 0 Å². The van der Waals surface area contributed by atoms with Crippen molar-refractivity contribution in [1.82, 2.24) is 5.32 Å². The van der Waals surface area contributed by atoms with Gasteiger partial charge in [0.05, 0.1) is 0 Å². The lowest BCUT2D eigenvalue weighted by atomic mass is 10.2. The number of hydrogen-bond donors (Lipinski definition) is 1. The Morgan fingerprint density at radius 3 is 2.62 bits per heavy atom. The van der Waals surface area contributed by atoms with Crippen LogP contribution in [-0.4, -0.2) is 38.4 Å². The molecule has 26 heavy (non-hydrogen) atoms. The van der Waals surface area contributed by atoms with E-state index in [1.807, 2.05) is 0 Å². The first-order valence-electron chi connectivity index (χ1n) is 7.83. The average molecular weight is 378 g/mol. The molecule has 0 atom stereocenters. The lowest BCUT2D eigenvalue weighted by Crippen LogP contribution is -2.31. The number of hydrogen-bond acceptors (Lipinski definition) is 6. The zero-order valence-corrected chi connectivity index (χ0v) is 14.5. The van der Waals surface area contributed by atoms with E-state index in [9.17, 15) is 9.59 Å². The predicted octanol–water partition coefficient (Wildman–Crippen LogP) is 2.42. The van der Waals surface area contributed by atoms with Crippen molar-refractivity contribution in [3.8, 4) is 17.2 Å². The van der Waals surface area contributed by atoms with Crippen molar-refractivity contribution in [2.45, 2.75) is 0 Å². The minimum atomic E-state index is -0.557. The van der Waals surface area contributed by atoms with Crippen LogP contribution >= 0.6 is 11.6 Å². The third kappa shape index (κ3) is 4.80. The minimum absolute atomic E-state index is 0.0708. The number of carbonyl (C=O) groups excluding carboxylic acids is 2. The van der Waals surface area contributed by atoms with Crippen molar-refractivity contribution >= 4 is 23.5 Å². The molecule has 0 unspecified atom stereocenters. The van der Waals surface area contributed by atoms with E-state index in [2.05, 4.69) is 5.32 Å². The molecule has 3 rings (SSSR count). The van der Waals surface area contributed by atoms with Gasteiger partial charge < -0.3 is 24.3 Å². The minimum Gasteiger partial charge on any atom is -0.490 e. The summed E-state index contributed by atoms with van der Waals surface area (Å²) < 4.78 is 20.8. The Labute approximate surface area is 154 Å². The number of nitrogens with one attached hydrogen (secondary N) is 1. The van der Waals surface area contributed by atoms with Crippen molar-refractivity contribution in [3.63, 3.8) is 0 Å². The van der Waals surface area contributed by atoms with Crippen molar-refractivity contribution in [2.24, 2.45) is 0 Å². The van der Waals surface area contributed by atoms with Gasteiger partial charge in [-0.05, 0) is 42.5 Å². The summed E-state index contributed by atoms with van der Waals surface area (Å²) in [5.74, 6) is 0.749. The van der Waals surface area contributed by atoms with Gasteiger partial charge in [0.1, 0.15) is 25.5 Å². The van der Waals surface area contributed by atoms with Crippen LogP contribution in [0.5, 0.6) is 17.2 Å². The van der Waals surface area contributed by atoms with E-state index in [0.29, 0.717) is 27.8 Å². The summed E-state index contributed by atoms with van der Waals surface area (Å²) in [6.45, 7) is 0.157. The smallest absolute Gasteiger partial charge is 0.325 e. The highest BCUT2D eigenvalue weighted by molar-refractivity contribution is 6.30. The second-order valence-corrected chi connectivity index (χ2v) is 5.71. The monoisotopic (exact) mass is 377 g/mol. The van der Waals surface area contributed by atoms with Crippen LogP contribution in [0.2, 0.25) is 5.02 Å². The maximum atomic E-state index is 12.0. The first kappa shape index (κ1) is 17.9. The molecule has 1 heterocycles. The Bertz CT molecular complexity index is 793. The summed E-state index contributed by atoms with van der Waals surface area (Å²) >= 11 is 5.77. The molecule has 7 nitrogen and oxygen atoms in total. The van der Waals surface area contributed by atoms with E-state index in [0.717, 1.165) is 0 Å². The van der Waals surface area contributed by atoms with Gasteiger partial charge in [-0.1, -0.05) is 11.6 Å². The fourth-order valence-corrected chi connectivity index (χ4v) is 2.32. The molecule has 0 saturated heterocycles. The molecule has 0 fully saturated rings. The van der Waals surface area contributed by atoms with Crippen LogP contribution in [-0.2, 0) is 9.53 Å². The molecule has 136 valence electrons. The van der Waals surface area contributed by atoms with Crippen molar-refractivity contribution in [1.29, 1.82) is 0 Å². The number of esters is 1. The van der Waals surface area contributed by atoms with E-state index >= 15 is 0 Å². The molecule has 0 aromatic heterocycles. The van der Waals surface area contributed by atoms with E-state index < -0.39 is 11.9 Å². The van der Waals surface area contributed by atoms with Gasteiger partial charge in [-0.15, -0.1) is 0 Å². The molecular formula is C18H16ClNO6. The highest BCUT2D eigenvalue weighted by Gasteiger charge is 2.16. The van der Waals surface area contributed by atoms with Crippen LogP contribution in [0.1, 0.15) is 10.4 Å². The van der Waals surface area contributed by atoms with Crippen molar-refractivity contribution < 1.29 is 28.5 Å². The second kappa shape index (κ2) is 8.44. The zero-order chi connectivity index (χ0) is 18.4. The van der Waals surface area contributed by atoms with Crippen molar-refractivity contribution in [2.75, 3.05) is 26.6 Å². The molecular weight excluding hydrogens is 362 g/mol. The molecule has 1 aliphatic rings. The lowest BCUT2D eigenvalue weighted by molar-refractivity contribution is -0.143. The van der Waals surface area contributed by atoms with Crippen LogP contribution in [0.4, 0.5) is 0 Å². The molecule has 0 radical (unpaired) electrons. The topological polar surface area (TPSA) is 83.1 Å². The van der Waals surface area contributed by atoms with Gasteiger partial charge in [0, 0.05) is 10.6 Å². The van der Waals surface area contributed by atoms with Gasteiger partial charge in [-0.25, -0.2) is 0 Å². The van der Waals surface area contributed by atoms with Gasteiger partial charge in [-0.2, -0.15) is 0 Å². The maximum Gasteiger partial charge on any atom is 0.325 e. The van der Waals surface area contributed by atoms with E-state index in [-0.39, 0.29) is 26.6 Å². The van der Waals surface area contributed by atoms with Gasteiger partial charge in [0.25, 0.3) is 5.91 Å². The van der Waals surface area contributed by atoms with E-state index in [1.54, 1.807) is 42.5 Å². The molecule has 0 saturated carbocycles. The highest BCUT2D eigenvalue weighted by Crippen LogP contribution is 2.32. The molecule has 1 aliphatic heterocycles. The highest BCUT2D eigenvalue weighted by atomic mass is 35.5. The zero-order valence-electron chi connectivity index (χ0n) is 13.7. The van der Waals surface area contributed by atoms with Gasteiger partial charge >= 0.3 is 5.97 Å². The number of benzene rings is 2. The van der Waals surface area contributed by atoms with Gasteiger partial charge in [-0.3, -0.25) is 9.59 Å². The first-order valence-corrected chi connectivity index (χ1v) is 8.21. The largest absolute Gasteiger partial charge is 0.490 e. The number of fused-ring (bicyclic) bond motifs is 1. The van der Waals surface area contributed by atoms with Gasteiger partial charge in [0.15, 0.2) is 11.5 Å². The SMILES string of the molecule is O=C(CNC(=O)c1ccc2c(c1)OCO2)OCCOc1ccc(Cl)cc1. The fourth-order valence-electron chi connectivity index (χ4n) is 2.19. The second-order valence-electron chi connectivity index (χ2n) is 5.27. The summed E-state index contributed by atoms with van der Waals surface area (Å²) in [5, 5.41) is 3.10. The van der Waals surface area contributed by atoms with Crippen LogP contribution in [0.3, 0.4) is 0 Å². The fraction of sp³-hybridized carbons (Fsp3) is 0.222. The molecule has 0 aliphatic carbocycles. The van der Waals surface area contributed by atoms with E-state index in [1.165, 1.54) is 0 Å². The molecule has 2 aromatic rings. The molecule has 1 N–H and O–H groups in total. The normalized spacial score (nSPS) is 11.7. The first-order chi connectivity index (χ1) is 12.6. The summed E-state index contributed by atoms with van der Waals surface area (Å²) in [6.07, 6.45) is 0. The average Bonchev–Trinajstić information content (AvgIpc) is 3.12. The Balaban J connectivity index is 1.36. The summed E-state index contributed by atoms with van der Waals surface area (Å²) in [6, 6.07) is 11.6. The lowest BCUT2D eigenvalue weighted by Gasteiger charge is -2.08. The Kier molecular flexibility index (Phi) is 5.80. The third-order valence-corrected chi connectivity index (χ3v) is 3.71. The van der Waals surface area contributed by atoms with Crippen LogP contribution in [0.15, 0.2) is 42.5 Å². The summed E-state index contributed by atoms with van der Waals surface area (Å²) in [7, 11) is 0. The van der Waals surface area contributed by atoms with Crippen LogP contribution in [0.25, 0.3) is 0 Å². The van der Waals surface area contributed by atoms with Gasteiger partial charge in [0.2, 0.25) is 6.79 Å². The summed E-state index contributed by atoms with van der Waals surface area (Å²) in [4.78, 5) is 23.7. The Morgan fingerprint density at radius 2 is 1.81 bits per heavy atom. The molecule has 2 aromatic carbocycles. The standard InChI is InChI=1S/C18H16ClNO6/c19-13-2-4-14(5-3-13)23-7-8-24-17(21)10-20-18(22)12-1-6-15-16(9-12)26-11-25-15/h1-6,9H,7-8,10-11H2,(H,20,22). The quantitative estimate of drug-likeness (QED) is 0.589. The number of amides is 1. The molecule has 0 bridgehead atoms. The number of carbonyl (C=O) groups is 2. The molecule has 1 amide bonds. The number of halogens is 1. The Hall–Kier alpha value is -2.93. The van der Waals surface area contributed by atoms with E-state index in [4.69, 9.17) is 30.5 Å². The third-order valence-electron chi connectivity index (χ3n) is 3.46. The Morgan fingerprint density at radius 1 is 1.04 bits per heavy atom. The maximum absolute atomic E-state index is 12.0. The number of rotatable bonds is 7. The number of ether oxygens (including phenoxy) is 4. The molecule has 8 heteroatoms. The summed E-state index contributed by atoms with van der Waals surface area (Å²) in [5.41, 5.74) is 0.369. The predicted molar refractivity (Wildman–Crippen MR) is 92.8 cm³/mol. The van der Waals surface area contributed by atoms with Crippen molar-refractivity contribution in [3.05, 3.63) is 53.1 Å². The molecule has 0 spiro atoms. The van der Waals surface area contributed by atoms with Crippen LogP contribution < -0.4 is 19.5 Å².